The van der Waals surface area contributed by atoms with Crippen LogP contribution >= 0.6 is 11.6 Å². The Labute approximate surface area is 116 Å². The van der Waals surface area contributed by atoms with E-state index in [-0.39, 0.29) is 17.7 Å². The molecule has 3 nitrogen and oxygen atoms in total. The van der Waals surface area contributed by atoms with Gasteiger partial charge in [0, 0.05) is 11.6 Å². The van der Waals surface area contributed by atoms with Gasteiger partial charge in [-0.2, -0.15) is 0 Å². The summed E-state index contributed by atoms with van der Waals surface area (Å²) in [5.41, 5.74) is 0.855. The normalized spacial score (nSPS) is 25.0. The number of halogens is 1. The van der Waals surface area contributed by atoms with Gasteiger partial charge in [-0.05, 0) is 11.6 Å². The van der Waals surface area contributed by atoms with Crippen molar-refractivity contribution in [2.45, 2.75) is 12.6 Å². The predicted molar refractivity (Wildman–Crippen MR) is 72.6 cm³/mol. The summed E-state index contributed by atoms with van der Waals surface area (Å²) < 4.78 is 0. The molecule has 4 heteroatoms. The van der Waals surface area contributed by atoms with Crippen LogP contribution in [0.15, 0.2) is 48.6 Å². The maximum Gasteiger partial charge on any atom is 0.291 e. The second-order valence-corrected chi connectivity index (χ2v) is 5.08. The summed E-state index contributed by atoms with van der Waals surface area (Å²) in [7, 11) is 0. The lowest BCUT2D eigenvalue weighted by Gasteiger charge is -2.25. The smallest absolute Gasteiger partial charge is 0.291 e. The van der Waals surface area contributed by atoms with E-state index >= 15 is 0 Å². The fourth-order valence-electron chi connectivity index (χ4n) is 2.54. The third kappa shape index (κ3) is 2.00. The molecule has 1 amide bonds. The quantitative estimate of drug-likeness (QED) is 0.776. The molecule has 1 fully saturated rings. The first kappa shape index (κ1) is 12.2. The molecule has 0 unspecified atom stereocenters. The number of carbonyl (C=O) groups excluding carboxylic acids is 2. The standard InChI is InChI=1S/C15H12ClNO2/c16-12-7-3-1-5-10(12)9-17-13-8-4-2-6-11(13)14(18)15(17)19/h1-8,11,13H,9H2/t11-,13-/m1/s1. The molecule has 0 radical (unpaired) electrons. The Kier molecular flexibility index (Phi) is 2.99. The Morgan fingerprint density at radius 1 is 1.11 bits per heavy atom. The van der Waals surface area contributed by atoms with Crippen LogP contribution in [0.1, 0.15) is 5.56 Å². The summed E-state index contributed by atoms with van der Waals surface area (Å²) in [6.07, 6.45) is 7.36. The van der Waals surface area contributed by atoms with Gasteiger partial charge < -0.3 is 4.90 Å². The number of hydrogen-bond acceptors (Lipinski definition) is 2. The number of rotatable bonds is 2. The Morgan fingerprint density at radius 3 is 2.63 bits per heavy atom. The van der Waals surface area contributed by atoms with Crippen molar-refractivity contribution >= 4 is 23.3 Å². The van der Waals surface area contributed by atoms with E-state index in [1.54, 1.807) is 17.0 Å². The minimum absolute atomic E-state index is 0.179. The molecule has 0 spiro atoms. The van der Waals surface area contributed by atoms with E-state index in [0.29, 0.717) is 11.6 Å². The number of allylic oxidation sites excluding steroid dienone is 2. The van der Waals surface area contributed by atoms with E-state index in [0.717, 1.165) is 5.56 Å². The summed E-state index contributed by atoms with van der Waals surface area (Å²) in [5.74, 6) is -1.11. The van der Waals surface area contributed by atoms with Crippen LogP contribution in [0.4, 0.5) is 0 Å². The number of nitrogens with zero attached hydrogens (tertiary/aromatic N) is 1. The fraction of sp³-hybridized carbons (Fsp3) is 0.200. The molecule has 1 saturated heterocycles. The number of benzene rings is 1. The summed E-state index contributed by atoms with van der Waals surface area (Å²) >= 11 is 6.11. The average molecular weight is 274 g/mol. The highest BCUT2D eigenvalue weighted by Crippen LogP contribution is 2.30. The number of hydrogen-bond donors (Lipinski definition) is 0. The van der Waals surface area contributed by atoms with Gasteiger partial charge in [0.2, 0.25) is 5.78 Å². The molecule has 1 aromatic rings. The highest BCUT2D eigenvalue weighted by Gasteiger charge is 2.45. The van der Waals surface area contributed by atoms with Crippen molar-refractivity contribution in [1.29, 1.82) is 0 Å². The van der Waals surface area contributed by atoms with Gasteiger partial charge in [0.25, 0.3) is 5.91 Å². The van der Waals surface area contributed by atoms with E-state index in [2.05, 4.69) is 0 Å². The molecule has 96 valence electrons. The van der Waals surface area contributed by atoms with Gasteiger partial charge in [-0.25, -0.2) is 0 Å². The van der Waals surface area contributed by atoms with Crippen molar-refractivity contribution in [3.63, 3.8) is 0 Å². The van der Waals surface area contributed by atoms with Crippen LogP contribution in [0.25, 0.3) is 0 Å². The summed E-state index contributed by atoms with van der Waals surface area (Å²) in [6.45, 7) is 0.365. The first-order valence-electron chi connectivity index (χ1n) is 6.11. The zero-order chi connectivity index (χ0) is 13.4. The van der Waals surface area contributed by atoms with Crippen LogP contribution in [-0.2, 0) is 16.1 Å². The van der Waals surface area contributed by atoms with E-state index in [4.69, 9.17) is 11.6 Å². The lowest BCUT2D eigenvalue weighted by atomic mass is 9.95. The highest BCUT2D eigenvalue weighted by atomic mass is 35.5. The summed E-state index contributed by atoms with van der Waals surface area (Å²) in [5, 5.41) is 0.613. The van der Waals surface area contributed by atoms with Gasteiger partial charge in [0.1, 0.15) is 0 Å². The van der Waals surface area contributed by atoms with Crippen LogP contribution in [0.5, 0.6) is 0 Å². The molecule has 1 heterocycles. The highest BCUT2D eigenvalue weighted by molar-refractivity contribution is 6.39. The van der Waals surface area contributed by atoms with E-state index in [1.807, 2.05) is 36.4 Å². The number of carbonyl (C=O) groups is 2. The second kappa shape index (κ2) is 4.67. The summed E-state index contributed by atoms with van der Waals surface area (Å²) in [6, 6.07) is 7.19. The lowest BCUT2D eigenvalue weighted by molar-refractivity contribution is -0.141. The van der Waals surface area contributed by atoms with Crippen molar-refractivity contribution in [2.24, 2.45) is 5.92 Å². The maximum atomic E-state index is 12.1. The molecule has 3 rings (SSSR count). The SMILES string of the molecule is O=C1C(=O)N(Cc2ccccc2Cl)[C@@H]2C=CC=C[C@@H]12. The topological polar surface area (TPSA) is 37.4 Å². The predicted octanol–water partition coefficient (Wildman–Crippen LogP) is 2.36. The van der Waals surface area contributed by atoms with Gasteiger partial charge in [-0.1, -0.05) is 54.1 Å². The molecule has 0 N–H and O–H groups in total. The number of likely N-dealkylation sites (tertiary alicyclic amines) is 1. The molecule has 0 saturated carbocycles. The third-order valence-corrected chi connectivity index (χ3v) is 3.91. The summed E-state index contributed by atoms with van der Waals surface area (Å²) in [4.78, 5) is 25.6. The van der Waals surface area contributed by atoms with Gasteiger partial charge in [0.05, 0.1) is 12.0 Å². The Hall–Kier alpha value is -1.87. The van der Waals surface area contributed by atoms with Crippen molar-refractivity contribution in [2.75, 3.05) is 0 Å². The van der Waals surface area contributed by atoms with Crippen molar-refractivity contribution < 1.29 is 9.59 Å². The molecule has 0 bridgehead atoms. The molecule has 1 aromatic carbocycles. The fourth-order valence-corrected chi connectivity index (χ4v) is 2.74. The second-order valence-electron chi connectivity index (χ2n) is 4.67. The van der Waals surface area contributed by atoms with Crippen molar-refractivity contribution in [3.8, 4) is 0 Å². The van der Waals surface area contributed by atoms with E-state index in [9.17, 15) is 9.59 Å². The van der Waals surface area contributed by atoms with Crippen LogP contribution in [0.2, 0.25) is 5.02 Å². The van der Waals surface area contributed by atoms with Crippen LogP contribution in [0, 0.1) is 5.92 Å². The molecular weight excluding hydrogens is 262 g/mol. The molecule has 0 aromatic heterocycles. The molecule has 2 atom stereocenters. The molecule has 19 heavy (non-hydrogen) atoms. The largest absolute Gasteiger partial charge is 0.324 e. The van der Waals surface area contributed by atoms with Gasteiger partial charge in [-0.15, -0.1) is 0 Å². The zero-order valence-electron chi connectivity index (χ0n) is 10.1. The zero-order valence-corrected chi connectivity index (χ0v) is 10.9. The lowest BCUT2D eigenvalue weighted by Crippen LogP contribution is -2.33. The molecule has 2 aliphatic rings. The van der Waals surface area contributed by atoms with Gasteiger partial charge in [-0.3, -0.25) is 9.59 Å². The molecular formula is C15H12ClNO2. The Bertz CT molecular complexity index is 606. The Balaban J connectivity index is 1.91. The number of ketones is 1. The molecule has 1 aliphatic heterocycles. The molecule has 1 aliphatic carbocycles. The number of amides is 1. The number of Topliss-reactive ketones (excluding diaryl/α,β-unsaturated/α-hetero) is 1. The van der Waals surface area contributed by atoms with Gasteiger partial charge >= 0.3 is 0 Å². The third-order valence-electron chi connectivity index (χ3n) is 3.54. The van der Waals surface area contributed by atoms with Gasteiger partial charge in [0.15, 0.2) is 0 Å². The maximum absolute atomic E-state index is 12.1. The van der Waals surface area contributed by atoms with Crippen molar-refractivity contribution in [3.05, 3.63) is 59.2 Å². The van der Waals surface area contributed by atoms with Crippen LogP contribution in [0.3, 0.4) is 0 Å². The van der Waals surface area contributed by atoms with Crippen molar-refractivity contribution in [1.82, 2.24) is 4.90 Å². The van der Waals surface area contributed by atoms with Crippen LogP contribution < -0.4 is 0 Å². The van der Waals surface area contributed by atoms with Crippen LogP contribution in [-0.4, -0.2) is 22.6 Å². The van der Waals surface area contributed by atoms with E-state index in [1.165, 1.54) is 0 Å². The minimum Gasteiger partial charge on any atom is -0.324 e. The monoisotopic (exact) mass is 273 g/mol. The van der Waals surface area contributed by atoms with E-state index < -0.39 is 5.91 Å². The Morgan fingerprint density at radius 2 is 1.84 bits per heavy atom. The first-order chi connectivity index (χ1) is 9.18. The first-order valence-corrected chi connectivity index (χ1v) is 6.49. The number of fused-ring (bicyclic) bond motifs is 1. The minimum atomic E-state index is -0.425. The average Bonchev–Trinajstić information content (AvgIpc) is 2.67.